The number of aliphatic imine (C=N–C) groups is 1. The highest BCUT2D eigenvalue weighted by Gasteiger charge is 2.36. The molecule has 2 unspecified atom stereocenters. The van der Waals surface area contributed by atoms with Gasteiger partial charge >= 0.3 is 0 Å². The lowest BCUT2D eigenvalue weighted by atomic mass is 10.1. The molecule has 2 atom stereocenters. The first-order chi connectivity index (χ1) is 6.61. The first-order valence-corrected chi connectivity index (χ1v) is 5.07. The molecule has 0 radical (unpaired) electrons. The van der Waals surface area contributed by atoms with Crippen LogP contribution in [0.2, 0.25) is 0 Å². The number of alkyl halides is 1. The molecule has 0 fully saturated rings. The average molecular weight is 209 g/mol. The first-order valence-electron chi connectivity index (χ1n) is 4.69. The maximum Gasteiger partial charge on any atom is 0.153 e. The molecule has 0 amide bonds. The quantitative estimate of drug-likeness (QED) is 0.512. The molecule has 1 aliphatic heterocycles. The van der Waals surface area contributed by atoms with E-state index in [-0.39, 0.29) is 6.04 Å². The Morgan fingerprint density at radius 3 is 2.50 bits per heavy atom. The molecule has 2 rings (SSSR count). The molecular weight excluding hydrogens is 196 g/mol. The van der Waals surface area contributed by atoms with Crippen molar-refractivity contribution in [1.29, 1.82) is 0 Å². The standard InChI is InChI=1S/C11H13ClN2/c1-9-11(2,12)13-8-14(9)10-6-4-3-5-7-10/h3-9H,1-2H3. The third-order valence-electron chi connectivity index (χ3n) is 2.67. The molecule has 1 aliphatic rings. The molecule has 3 heteroatoms. The first kappa shape index (κ1) is 9.53. The SMILES string of the molecule is CC1N(c2ccccc2)C=NC1(C)Cl. The summed E-state index contributed by atoms with van der Waals surface area (Å²) in [5.74, 6) is 0. The Kier molecular flexibility index (Phi) is 2.23. The predicted molar refractivity (Wildman–Crippen MR) is 61.1 cm³/mol. The van der Waals surface area contributed by atoms with Crippen molar-refractivity contribution in [2.75, 3.05) is 4.90 Å². The van der Waals surface area contributed by atoms with Gasteiger partial charge in [0, 0.05) is 5.69 Å². The number of benzene rings is 1. The van der Waals surface area contributed by atoms with Crippen LogP contribution in [0.3, 0.4) is 0 Å². The van der Waals surface area contributed by atoms with Crippen LogP contribution in [0.15, 0.2) is 35.3 Å². The van der Waals surface area contributed by atoms with Crippen LogP contribution in [0.5, 0.6) is 0 Å². The Hall–Kier alpha value is -1.02. The van der Waals surface area contributed by atoms with Gasteiger partial charge in [0.1, 0.15) is 0 Å². The third-order valence-corrected chi connectivity index (χ3v) is 3.08. The van der Waals surface area contributed by atoms with Crippen LogP contribution in [0, 0.1) is 0 Å². The minimum Gasteiger partial charge on any atom is -0.326 e. The minimum absolute atomic E-state index is 0.187. The van der Waals surface area contributed by atoms with Crippen LogP contribution >= 0.6 is 11.6 Å². The van der Waals surface area contributed by atoms with Crippen molar-refractivity contribution < 1.29 is 0 Å². The number of para-hydroxylation sites is 1. The van der Waals surface area contributed by atoms with Crippen molar-refractivity contribution in [2.45, 2.75) is 24.9 Å². The summed E-state index contributed by atoms with van der Waals surface area (Å²) in [7, 11) is 0. The molecule has 74 valence electrons. The van der Waals surface area contributed by atoms with Gasteiger partial charge in [0.05, 0.1) is 12.4 Å². The van der Waals surface area contributed by atoms with E-state index in [1.165, 1.54) is 0 Å². The maximum absolute atomic E-state index is 6.22. The fourth-order valence-corrected chi connectivity index (χ4v) is 1.68. The smallest absolute Gasteiger partial charge is 0.153 e. The van der Waals surface area contributed by atoms with Crippen molar-refractivity contribution in [3.8, 4) is 0 Å². The molecule has 0 aromatic heterocycles. The van der Waals surface area contributed by atoms with Crippen LogP contribution in [0.1, 0.15) is 13.8 Å². The molecule has 1 heterocycles. The maximum atomic E-state index is 6.22. The van der Waals surface area contributed by atoms with E-state index >= 15 is 0 Å². The summed E-state index contributed by atoms with van der Waals surface area (Å²) < 4.78 is 0. The zero-order chi connectivity index (χ0) is 10.2. The second-order valence-electron chi connectivity index (χ2n) is 3.69. The van der Waals surface area contributed by atoms with Gasteiger partial charge in [-0.3, -0.25) is 4.99 Å². The summed E-state index contributed by atoms with van der Waals surface area (Å²) in [6, 6.07) is 10.3. The number of anilines is 1. The largest absolute Gasteiger partial charge is 0.326 e. The minimum atomic E-state index is -0.504. The molecule has 0 saturated carbocycles. The normalized spacial score (nSPS) is 31.1. The molecule has 0 spiro atoms. The van der Waals surface area contributed by atoms with Gasteiger partial charge in [-0.15, -0.1) is 0 Å². The highest BCUT2D eigenvalue weighted by atomic mass is 35.5. The number of hydrogen-bond donors (Lipinski definition) is 0. The Bertz CT molecular complexity index is 346. The lowest BCUT2D eigenvalue weighted by Crippen LogP contribution is -2.37. The molecule has 0 aliphatic carbocycles. The van der Waals surface area contributed by atoms with Gasteiger partial charge in [0.2, 0.25) is 0 Å². The van der Waals surface area contributed by atoms with Crippen LogP contribution < -0.4 is 4.90 Å². The summed E-state index contributed by atoms with van der Waals surface area (Å²) in [4.78, 5) is 5.86. The average Bonchev–Trinajstić information content (AvgIpc) is 2.44. The fraction of sp³-hybridized carbons (Fsp3) is 0.364. The lowest BCUT2D eigenvalue weighted by Gasteiger charge is -2.27. The number of halogens is 1. The second-order valence-corrected chi connectivity index (χ2v) is 4.45. The van der Waals surface area contributed by atoms with Crippen molar-refractivity contribution in [3.05, 3.63) is 30.3 Å². The highest BCUT2D eigenvalue weighted by molar-refractivity contribution is 6.25. The van der Waals surface area contributed by atoms with Gasteiger partial charge in [-0.25, -0.2) is 0 Å². The van der Waals surface area contributed by atoms with E-state index < -0.39 is 5.00 Å². The highest BCUT2D eigenvalue weighted by Crippen LogP contribution is 2.32. The summed E-state index contributed by atoms with van der Waals surface area (Å²) in [5, 5.41) is 0. The molecule has 0 bridgehead atoms. The molecule has 14 heavy (non-hydrogen) atoms. The number of hydrogen-bond acceptors (Lipinski definition) is 2. The Labute approximate surface area is 89.2 Å². The summed E-state index contributed by atoms with van der Waals surface area (Å²) in [6.07, 6.45) is 1.81. The van der Waals surface area contributed by atoms with Crippen LogP contribution in [-0.2, 0) is 0 Å². The number of nitrogens with zero attached hydrogens (tertiary/aromatic N) is 2. The van der Waals surface area contributed by atoms with E-state index in [9.17, 15) is 0 Å². The summed E-state index contributed by atoms with van der Waals surface area (Å²) in [6.45, 7) is 4.01. The molecule has 1 aromatic rings. The summed E-state index contributed by atoms with van der Waals surface area (Å²) in [5.41, 5.74) is 1.13. The Morgan fingerprint density at radius 2 is 2.00 bits per heavy atom. The third kappa shape index (κ3) is 1.50. The van der Waals surface area contributed by atoms with Crippen LogP contribution in [0.4, 0.5) is 5.69 Å². The van der Waals surface area contributed by atoms with Gasteiger partial charge in [0.25, 0.3) is 0 Å². The molecule has 0 N–H and O–H groups in total. The van der Waals surface area contributed by atoms with Gasteiger partial charge in [-0.1, -0.05) is 29.8 Å². The van der Waals surface area contributed by atoms with Crippen molar-refractivity contribution in [3.63, 3.8) is 0 Å². The van der Waals surface area contributed by atoms with Gasteiger partial charge in [-0.05, 0) is 26.0 Å². The molecule has 0 saturated heterocycles. The van der Waals surface area contributed by atoms with Crippen molar-refractivity contribution >= 4 is 23.6 Å². The Morgan fingerprint density at radius 1 is 1.36 bits per heavy atom. The molecular formula is C11H13ClN2. The zero-order valence-corrected chi connectivity index (χ0v) is 9.07. The fourth-order valence-electron chi connectivity index (χ4n) is 1.53. The van der Waals surface area contributed by atoms with E-state index in [1.807, 2.05) is 31.5 Å². The Balaban J connectivity index is 2.28. The van der Waals surface area contributed by atoms with E-state index in [1.54, 1.807) is 0 Å². The lowest BCUT2D eigenvalue weighted by molar-refractivity contribution is 0.579. The number of rotatable bonds is 1. The van der Waals surface area contributed by atoms with Crippen LogP contribution in [-0.4, -0.2) is 17.4 Å². The van der Waals surface area contributed by atoms with Crippen molar-refractivity contribution in [2.24, 2.45) is 4.99 Å². The van der Waals surface area contributed by atoms with Gasteiger partial charge in [0.15, 0.2) is 5.00 Å². The molecule has 2 nitrogen and oxygen atoms in total. The van der Waals surface area contributed by atoms with Crippen molar-refractivity contribution in [1.82, 2.24) is 0 Å². The summed E-state index contributed by atoms with van der Waals surface area (Å²) >= 11 is 6.22. The van der Waals surface area contributed by atoms with E-state index in [0.717, 1.165) is 5.69 Å². The van der Waals surface area contributed by atoms with Crippen LogP contribution in [0.25, 0.3) is 0 Å². The zero-order valence-electron chi connectivity index (χ0n) is 8.31. The topological polar surface area (TPSA) is 15.6 Å². The predicted octanol–water partition coefficient (Wildman–Crippen LogP) is 2.88. The van der Waals surface area contributed by atoms with Gasteiger partial charge in [-0.2, -0.15) is 0 Å². The monoisotopic (exact) mass is 208 g/mol. The van der Waals surface area contributed by atoms with E-state index in [2.05, 4.69) is 28.9 Å². The molecule has 1 aromatic carbocycles. The second kappa shape index (κ2) is 3.28. The van der Waals surface area contributed by atoms with E-state index in [0.29, 0.717) is 0 Å². The van der Waals surface area contributed by atoms with Gasteiger partial charge < -0.3 is 4.90 Å². The van der Waals surface area contributed by atoms with E-state index in [4.69, 9.17) is 11.6 Å².